The van der Waals surface area contributed by atoms with Gasteiger partial charge in [-0.15, -0.1) is 0 Å². The Balaban J connectivity index is 2.58. The highest BCUT2D eigenvalue weighted by Gasteiger charge is 2.28. The van der Waals surface area contributed by atoms with Crippen molar-refractivity contribution in [1.29, 1.82) is 0 Å². The van der Waals surface area contributed by atoms with Crippen LogP contribution in [-0.4, -0.2) is 33.3 Å². The molecular formula is C8H14NO2Si. The molecule has 0 aromatic rings. The average Bonchev–Trinajstić information content (AvgIpc) is 2.16. The van der Waals surface area contributed by atoms with E-state index in [1.807, 2.05) is 4.57 Å². The van der Waals surface area contributed by atoms with E-state index in [2.05, 4.69) is 6.58 Å². The van der Waals surface area contributed by atoms with E-state index in [-0.39, 0.29) is 5.91 Å². The van der Waals surface area contributed by atoms with E-state index in [1.54, 1.807) is 7.11 Å². The molecule has 1 aliphatic heterocycles. The lowest BCUT2D eigenvalue weighted by atomic mass is 10.3. The number of carbonyl (C=O) groups excluding carboxylic acids is 1. The highest BCUT2D eigenvalue weighted by molar-refractivity contribution is 6.52. The van der Waals surface area contributed by atoms with Crippen molar-refractivity contribution in [2.75, 3.05) is 13.7 Å². The third-order valence-electron chi connectivity index (χ3n) is 2.00. The Kier molecular flexibility index (Phi) is 3.49. The summed E-state index contributed by atoms with van der Waals surface area (Å²) in [7, 11) is 0.659. The summed E-state index contributed by atoms with van der Waals surface area (Å²) < 4.78 is 7.12. The van der Waals surface area contributed by atoms with Gasteiger partial charge in [-0.25, -0.2) is 0 Å². The molecule has 1 heterocycles. The fraction of sp³-hybridized carbons (Fsp3) is 0.625. The summed E-state index contributed by atoms with van der Waals surface area (Å²) in [4.78, 5) is 11.3. The predicted octanol–water partition coefficient (Wildman–Crippen LogP) is 0.929. The smallest absolute Gasteiger partial charge is 0.342 e. The molecule has 12 heavy (non-hydrogen) atoms. The zero-order valence-electron chi connectivity index (χ0n) is 7.38. The Bertz CT molecular complexity index is 184. The zero-order valence-corrected chi connectivity index (χ0v) is 8.38. The van der Waals surface area contributed by atoms with Gasteiger partial charge in [-0.3, -0.25) is 4.79 Å². The van der Waals surface area contributed by atoms with Crippen molar-refractivity contribution >= 4 is 15.1 Å². The van der Waals surface area contributed by atoms with Crippen molar-refractivity contribution in [3.8, 4) is 0 Å². The minimum atomic E-state index is -1.02. The fourth-order valence-electron chi connectivity index (χ4n) is 1.36. The molecule has 0 saturated carbocycles. The van der Waals surface area contributed by atoms with Crippen LogP contribution in [0.25, 0.3) is 0 Å². The van der Waals surface area contributed by atoms with Crippen LogP contribution in [0.1, 0.15) is 12.8 Å². The first-order valence-electron chi connectivity index (χ1n) is 4.13. The third-order valence-corrected chi connectivity index (χ3v) is 4.30. The van der Waals surface area contributed by atoms with Gasteiger partial charge in [0.2, 0.25) is 5.91 Å². The number of hydrogen-bond acceptors (Lipinski definition) is 2. The van der Waals surface area contributed by atoms with Crippen LogP contribution < -0.4 is 0 Å². The maximum absolute atomic E-state index is 11.3. The van der Waals surface area contributed by atoms with Gasteiger partial charge in [-0.1, -0.05) is 13.0 Å². The molecule has 1 saturated heterocycles. The Hall–Kier alpha value is -0.613. The van der Waals surface area contributed by atoms with Gasteiger partial charge in [-0.2, -0.15) is 0 Å². The van der Waals surface area contributed by atoms with Crippen molar-refractivity contribution < 1.29 is 9.22 Å². The number of nitrogens with zero attached hydrogens (tertiary/aromatic N) is 1. The van der Waals surface area contributed by atoms with Crippen LogP contribution in [0, 0.1) is 0 Å². The lowest BCUT2D eigenvalue weighted by Crippen LogP contribution is -2.47. The molecule has 0 aliphatic carbocycles. The summed E-state index contributed by atoms with van der Waals surface area (Å²) >= 11 is 0. The van der Waals surface area contributed by atoms with Crippen LogP contribution in [0.4, 0.5) is 0 Å². The molecule has 0 N–H and O–H groups in total. The van der Waals surface area contributed by atoms with Crippen LogP contribution in [0.15, 0.2) is 12.7 Å². The standard InChI is InChI=1S/C8H14NO2Si/c1-3-8(10)9-6-4-5-7-12(9)11-2/h3H,1,4-7H2,2H3. The minimum Gasteiger partial charge on any atom is -0.401 e. The first kappa shape index (κ1) is 9.47. The lowest BCUT2D eigenvalue weighted by molar-refractivity contribution is -0.122. The average molecular weight is 184 g/mol. The summed E-state index contributed by atoms with van der Waals surface area (Å²) in [5.74, 6) is 0.0189. The van der Waals surface area contributed by atoms with Gasteiger partial charge in [-0.05, 0) is 18.5 Å². The third kappa shape index (κ3) is 1.95. The number of amides is 1. The van der Waals surface area contributed by atoms with Gasteiger partial charge in [0, 0.05) is 13.7 Å². The minimum absolute atomic E-state index is 0.0189. The van der Waals surface area contributed by atoms with Gasteiger partial charge >= 0.3 is 9.20 Å². The Morgan fingerprint density at radius 2 is 2.42 bits per heavy atom. The number of rotatable bonds is 2. The van der Waals surface area contributed by atoms with E-state index in [4.69, 9.17) is 4.43 Å². The second-order valence-corrected chi connectivity index (χ2v) is 4.98. The fourth-order valence-corrected chi connectivity index (χ4v) is 3.35. The van der Waals surface area contributed by atoms with Crippen molar-refractivity contribution in [3.05, 3.63) is 12.7 Å². The molecule has 67 valence electrons. The molecule has 1 amide bonds. The van der Waals surface area contributed by atoms with Crippen LogP contribution >= 0.6 is 0 Å². The quantitative estimate of drug-likeness (QED) is 0.472. The van der Waals surface area contributed by atoms with Gasteiger partial charge < -0.3 is 8.99 Å². The van der Waals surface area contributed by atoms with Crippen molar-refractivity contribution in [2.45, 2.75) is 18.9 Å². The first-order valence-corrected chi connectivity index (χ1v) is 5.69. The number of hydrogen-bond donors (Lipinski definition) is 0. The molecule has 1 fully saturated rings. The second-order valence-electron chi connectivity index (χ2n) is 2.75. The van der Waals surface area contributed by atoms with Crippen molar-refractivity contribution in [1.82, 2.24) is 4.57 Å². The summed E-state index contributed by atoms with van der Waals surface area (Å²) in [6, 6.07) is 1.04. The zero-order chi connectivity index (χ0) is 8.97. The molecule has 1 rings (SSSR count). The molecule has 3 nitrogen and oxygen atoms in total. The second kappa shape index (κ2) is 4.42. The monoisotopic (exact) mass is 184 g/mol. The summed E-state index contributed by atoms with van der Waals surface area (Å²) in [5.41, 5.74) is 0. The van der Waals surface area contributed by atoms with E-state index in [0.717, 1.165) is 19.0 Å². The largest absolute Gasteiger partial charge is 0.401 e. The van der Waals surface area contributed by atoms with Gasteiger partial charge in [0.1, 0.15) is 0 Å². The SMILES string of the molecule is C=CC(=O)N1CCCC[Si]1OC. The summed E-state index contributed by atoms with van der Waals surface area (Å²) in [6.45, 7) is 4.31. The highest BCUT2D eigenvalue weighted by Crippen LogP contribution is 2.15. The molecule has 0 spiro atoms. The first-order chi connectivity index (χ1) is 5.79. The topological polar surface area (TPSA) is 29.5 Å². The molecule has 0 aromatic heterocycles. The molecule has 1 radical (unpaired) electrons. The molecule has 1 aliphatic rings. The van der Waals surface area contributed by atoms with E-state index >= 15 is 0 Å². The van der Waals surface area contributed by atoms with Gasteiger partial charge in [0.05, 0.1) is 0 Å². The highest BCUT2D eigenvalue weighted by atomic mass is 28.3. The molecular weight excluding hydrogens is 170 g/mol. The van der Waals surface area contributed by atoms with Crippen LogP contribution in [0.2, 0.25) is 6.04 Å². The van der Waals surface area contributed by atoms with Crippen LogP contribution in [0.5, 0.6) is 0 Å². The molecule has 0 bridgehead atoms. The Morgan fingerprint density at radius 1 is 1.67 bits per heavy atom. The summed E-state index contributed by atoms with van der Waals surface area (Å²) in [6.07, 6.45) is 3.65. The molecule has 4 heteroatoms. The van der Waals surface area contributed by atoms with Crippen LogP contribution in [0.3, 0.4) is 0 Å². The number of carbonyl (C=O) groups is 1. The van der Waals surface area contributed by atoms with Crippen molar-refractivity contribution in [3.63, 3.8) is 0 Å². The molecule has 0 aromatic carbocycles. The molecule has 0 unspecified atom stereocenters. The Labute approximate surface area is 74.8 Å². The maximum Gasteiger partial charge on any atom is 0.342 e. The van der Waals surface area contributed by atoms with Gasteiger partial charge in [0.25, 0.3) is 0 Å². The van der Waals surface area contributed by atoms with Crippen molar-refractivity contribution in [2.24, 2.45) is 0 Å². The van der Waals surface area contributed by atoms with E-state index in [0.29, 0.717) is 0 Å². The molecule has 0 atom stereocenters. The predicted molar refractivity (Wildman–Crippen MR) is 48.7 cm³/mol. The van der Waals surface area contributed by atoms with Crippen LogP contribution in [-0.2, 0) is 9.22 Å². The van der Waals surface area contributed by atoms with Gasteiger partial charge in [0.15, 0.2) is 0 Å². The van der Waals surface area contributed by atoms with E-state index in [9.17, 15) is 4.79 Å². The van der Waals surface area contributed by atoms with E-state index in [1.165, 1.54) is 12.5 Å². The van der Waals surface area contributed by atoms with E-state index < -0.39 is 9.20 Å². The Morgan fingerprint density at radius 3 is 3.00 bits per heavy atom. The maximum atomic E-state index is 11.3. The lowest BCUT2D eigenvalue weighted by Gasteiger charge is -2.31. The summed E-state index contributed by atoms with van der Waals surface area (Å²) in [5, 5.41) is 0. The normalized spacial score (nSPS) is 19.2.